The molecular weight excluding hydrogens is 307 g/mol. The predicted octanol–water partition coefficient (Wildman–Crippen LogP) is 2.45. The molecule has 1 aromatic rings. The summed E-state index contributed by atoms with van der Waals surface area (Å²) >= 11 is 0. The Balaban J connectivity index is 2.40. The number of halogens is 1. The molecule has 0 saturated carbocycles. The molecule has 0 aliphatic carbocycles. The Kier molecular flexibility index (Phi) is 4.58. The van der Waals surface area contributed by atoms with Crippen LogP contribution in [0.2, 0.25) is 0 Å². The average molecular weight is 324 g/mol. The Morgan fingerprint density at radius 2 is 1.91 bits per heavy atom. The number of hydrogen-bond acceptors (Lipinski definition) is 6. The summed E-state index contributed by atoms with van der Waals surface area (Å²) < 4.78 is 33.7. The Morgan fingerprint density at radius 3 is 2.52 bits per heavy atom. The fraction of sp³-hybridized carbons (Fsp3) is 0.375. The number of carbonyl (C=O) groups is 2. The van der Waals surface area contributed by atoms with Crippen LogP contribution in [0, 0.1) is 5.82 Å². The Morgan fingerprint density at radius 1 is 1.22 bits per heavy atom. The number of carbonyl (C=O) groups excluding carboxylic acids is 2. The van der Waals surface area contributed by atoms with Gasteiger partial charge in [-0.25, -0.2) is 14.0 Å². The molecule has 1 aromatic carbocycles. The van der Waals surface area contributed by atoms with Crippen molar-refractivity contribution >= 4 is 18.0 Å². The lowest BCUT2D eigenvalue weighted by atomic mass is 10.1. The highest BCUT2D eigenvalue weighted by Crippen LogP contribution is 2.36. The smallest absolute Gasteiger partial charge is 0.346 e. The van der Waals surface area contributed by atoms with Crippen LogP contribution >= 0.6 is 0 Å². The van der Waals surface area contributed by atoms with E-state index in [1.54, 1.807) is 20.8 Å². The van der Waals surface area contributed by atoms with E-state index in [1.165, 1.54) is 12.1 Å². The summed E-state index contributed by atoms with van der Waals surface area (Å²) in [7, 11) is 1.14. The molecule has 7 heteroatoms. The first-order valence-electron chi connectivity index (χ1n) is 6.84. The first-order valence-corrected chi connectivity index (χ1v) is 6.84. The van der Waals surface area contributed by atoms with Crippen LogP contribution in [-0.4, -0.2) is 31.4 Å². The van der Waals surface area contributed by atoms with Gasteiger partial charge < -0.3 is 18.9 Å². The molecule has 1 heterocycles. The van der Waals surface area contributed by atoms with E-state index in [9.17, 15) is 14.0 Å². The van der Waals surface area contributed by atoms with Gasteiger partial charge in [0.15, 0.2) is 11.6 Å². The lowest BCUT2D eigenvalue weighted by molar-refractivity contribution is -0.153. The number of ether oxygens (including phenoxy) is 4. The van der Waals surface area contributed by atoms with E-state index in [2.05, 4.69) is 4.74 Å². The summed E-state index contributed by atoms with van der Waals surface area (Å²) in [6.45, 7) is 4.91. The Bertz CT molecular complexity index is 672. The maximum Gasteiger partial charge on any atom is 0.346 e. The first kappa shape index (κ1) is 16.8. The third kappa shape index (κ3) is 4.00. The third-order valence-electron chi connectivity index (χ3n) is 2.78. The lowest BCUT2D eigenvalue weighted by Gasteiger charge is -2.20. The normalized spacial score (nSPS) is 13.7. The summed E-state index contributed by atoms with van der Waals surface area (Å²) in [6, 6.07) is 2.58. The molecule has 0 fully saturated rings. The van der Waals surface area contributed by atoms with Crippen LogP contribution in [0.5, 0.6) is 11.5 Å². The second-order valence-corrected chi connectivity index (χ2v) is 5.79. The van der Waals surface area contributed by atoms with E-state index >= 15 is 0 Å². The lowest BCUT2D eigenvalue weighted by Crippen LogP contribution is -2.27. The summed E-state index contributed by atoms with van der Waals surface area (Å²) in [5.41, 5.74) is -0.886. The van der Waals surface area contributed by atoms with E-state index in [4.69, 9.17) is 14.2 Å². The highest BCUT2D eigenvalue weighted by Gasteiger charge is 2.26. The van der Waals surface area contributed by atoms with Crippen LogP contribution in [0.15, 0.2) is 17.7 Å². The molecule has 0 N–H and O–H groups in total. The van der Waals surface area contributed by atoms with Crippen LogP contribution in [0.4, 0.5) is 4.39 Å². The van der Waals surface area contributed by atoms with Crippen molar-refractivity contribution < 1.29 is 32.9 Å². The fourth-order valence-electron chi connectivity index (χ4n) is 1.88. The van der Waals surface area contributed by atoms with Gasteiger partial charge in [-0.3, -0.25) is 0 Å². The van der Waals surface area contributed by atoms with E-state index in [1.807, 2.05) is 0 Å². The van der Waals surface area contributed by atoms with Gasteiger partial charge in [0.05, 0.1) is 7.11 Å². The molecule has 1 aliphatic heterocycles. The van der Waals surface area contributed by atoms with Gasteiger partial charge >= 0.3 is 11.9 Å². The zero-order valence-corrected chi connectivity index (χ0v) is 13.3. The van der Waals surface area contributed by atoms with E-state index in [0.29, 0.717) is 0 Å². The zero-order valence-electron chi connectivity index (χ0n) is 13.3. The van der Waals surface area contributed by atoms with Crippen molar-refractivity contribution in [1.29, 1.82) is 0 Å². The van der Waals surface area contributed by atoms with E-state index in [-0.39, 0.29) is 29.4 Å². The number of methoxy groups -OCH3 is 1. The monoisotopic (exact) mass is 324 g/mol. The maximum atomic E-state index is 13.9. The van der Waals surface area contributed by atoms with Crippen LogP contribution in [-0.2, 0) is 19.1 Å². The SMILES string of the molecule is COC(=O)C(=Cc1cc(F)c2c(c1)OCO2)C(=O)OC(C)(C)C. The molecule has 1 aliphatic rings. The van der Waals surface area contributed by atoms with Gasteiger partial charge in [-0.15, -0.1) is 0 Å². The summed E-state index contributed by atoms with van der Waals surface area (Å²) in [5, 5.41) is 0. The molecule has 0 spiro atoms. The fourth-order valence-corrected chi connectivity index (χ4v) is 1.88. The molecule has 0 atom stereocenters. The predicted molar refractivity (Wildman–Crippen MR) is 78.4 cm³/mol. The molecule has 0 amide bonds. The molecule has 23 heavy (non-hydrogen) atoms. The summed E-state index contributed by atoms with van der Waals surface area (Å²) in [6.07, 6.45) is 1.19. The topological polar surface area (TPSA) is 71.1 Å². The molecule has 0 saturated heterocycles. The van der Waals surface area contributed by atoms with Crippen molar-refractivity contribution in [3.05, 3.63) is 29.1 Å². The molecule has 124 valence electrons. The van der Waals surface area contributed by atoms with Gasteiger partial charge in [0.25, 0.3) is 0 Å². The number of hydrogen-bond donors (Lipinski definition) is 0. The van der Waals surface area contributed by atoms with E-state index < -0.39 is 23.4 Å². The summed E-state index contributed by atoms with van der Waals surface area (Å²) in [4.78, 5) is 24.0. The van der Waals surface area contributed by atoms with Gasteiger partial charge in [-0.05, 0) is 44.5 Å². The molecule has 0 aromatic heterocycles. The van der Waals surface area contributed by atoms with Crippen molar-refractivity contribution in [3.63, 3.8) is 0 Å². The van der Waals surface area contributed by atoms with Crippen LogP contribution < -0.4 is 9.47 Å². The second-order valence-electron chi connectivity index (χ2n) is 5.79. The quantitative estimate of drug-likeness (QED) is 0.368. The molecule has 6 nitrogen and oxygen atoms in total. The highest BCUT2D eigenvalue weighted by atomic mass is 19.1. The highest BCUT2D eigenvalue weighted by molar-refractivity contribution is 6.17. The molecule has 0 radical (unpaired) electrons. The van der Waals surface area contributed by atoms with Gasteiger partial charge in [0, 0.05) is 0 Å². The molecular formula is C16H17FO6. The third-order valence-corrected chi connectivity index (χ3v) is 2.78. The number of fused-ring (bicyclic) bond motifs is 1. The van der Waals surface area contributed by atoms with Crippen molar-refractivity contribution in [2.45, 2.75) is 26.4 Å². The average Bonchev–Trinajstić information content (AvgIpc) is 2.91. The van der Waals surface area contributed by atoms with Gasteiger partial charge in [0.2, 0.25) is 12.5 Å². The van der Waals surface area contributed by atoms with Gasteiger partial charge in [-0.2, -0.15) is 0 Å². The van der Waals surface area contributed by atoms with Crippen molar-refractivity contribution in [2.75, 3.05) is 13.9 Å². The minimum atomic E-state index is -0.877. The van der Waals surface area contributed by atoms with Crippen molar-refractivity contribution in [3.8, 4) is 11.5 Å². The standard InChI is InChI=1S/C16H17FO6/c1-16(2,3)23-15(19)10(14(18)20-4)5-9-6-11(17)13-12(7-9)21-8-22-13/h5-7H,8H2,1-4H3. The second kappa shape index (κ2) is 6.28. The maximum absolute atomic E-state index is 13.9. The largest absolute Gasteiger partial charge is 0.465 e. The molecule has 0 bridgehead atoms. The number of rotatable bonds is 3. The van der Waals surface area contributed by atoms with Crippen LogP contribution in [0.1, 0.15) is 26.3 Å². The molecule has 2 rings (SSSR count). The van der Waals surface area contributed by atoms with Crippen LogP contribution in [0.25, 0.3) is 6.08 Å². The van der Waals surface area contributed by atoms with Gasteiger partial charge in [-0.1, -0.05) is 0 Å². The minimum Gasteiger partial charge on any atom is -0.465 e. The zero-order chi connectivity index (χ0) is 17.2. The van der Waals surface area contributed by atoms with E-state index in [0.717, 1.165) is 13.2 Å². The number of esters is 2. The van der Waals surface area contributed by atoms with Crippen LogP contribution in [0.3, 0.4) is 0 Å². The van der Waals surface area contributed by atoms with Gasteiger partial charge in [0.1, 0.15) is 11.2 Å². The first-order chi connectivity index (χ1) is 10.7. The number of benzene rings is 1. The minimum absolute atomic E-state index is 0.000892. The Labute approximate surface area is 132 Å². The van der Waals surface area contributed by atoms with Crippen molar-refractivity contribution in [2.24, 2.45) is 0 Å². The van der Waals surface area contributed by atoms with Crippen molar-refractivity contribution in [1.82, 2.24) is 0 Å². The Hall–Kier alpha value is -2.57. The molecule has 0 unspecified atom stereocenters. The summed E-state index contributed by atoms with van der Waals surface area (Å²) in [5.74, 6) is -2.19.